The number of carbonyl (C=O) groups excluding carboxylic acids is 2. The molecular weight excluding hydrogens is 386 g/mol. The van der Waals surface area contributed by atoms with Gasteiger partial charge in [0.25, 0.3) is 5.91 Å². The number of aliphatic hydroxyl groups excluding tert-OH is 1. The molecule has 0 unspecified atom stereocenters. The molecule has 9 heteroatoms. The van der Waals surface area contributed by atoms with Gasteiger partial charge in [0.15, 0.2) is 0 Å². The van der Waals surface area contributed by atoms with Crippen LogP contribution in [-0.2, 0) is 4.79 Å². The Morgan fingerprint density at radius 2 is 1.67 bits per heavy atom. The molecule has 0 fully saturated rings. The van der Waals surface area contributed by atoms with Crippen molar-refractivity contribution < 1.29 is 19.8 Å². The number of hydrogen-bond donors (Lipinski definition) is 4. The SMILES string of the molecule is CCNC(=O)[C@@H](NC(=O)c1ccc(/N=N/c2ccc(N(C)C)cc2)cc1O)[C@@H](C)O. The number of phenols is 1. The van der Waals surface area contributed by atoms with Crippen LogP contribution in [0.1, 0.15) is 24.2 Å². The summed E-state index contributed by atoms with van der Waals surface area (Å²) in [4.78, 5) is 26.4. The number of rotatable bonds is 8. The van der Waals surface area contributed by atoms with Crippen LogP contribution in [0.4, 0.5) is 17.1 Å². The van der Waals surface area contributed by atoms with Crippen LogP contribution in [0.5, 0.6) is 5.75 Å². The summed E-state index contributed by atoms with van der Waals surface area (Å²) in [5.74, 6) is -1.51. The van der Waals surface area contributed by atoms with Crippen molar-refractivity contribution >= 4 is 28.9 Å². The predicted octanol–water partition coefficient (Wildman–Crippen LogP) is 2.49. The number of azo groups is 1. The lowest BCUT2D eigenvalue weighted by molar-refractivity contribution is -0.125. The van der Waals surface area contributed by atoms with Crippen LogP contribution >= 0.6 is 0 Å². The molecule has 4 N–H and O–H groups in total. The molecule has 0 aliphatic rings. The van der Waals surface area contributed by atoms with E-state index in [9.17, 15) is 19.8 Å². The van der Waals surface area contributed by atoms with Crippen molar-refractivity contribution in [1.82, 2.24) is 10.6 Å². The van der Waals surface area contributed by atoms with Gasteiger partial charge in [0.05, 0.1) is 23.0 Å². The van der Waals surface area contributed by atoms with Crippen molar-refractivity contribution in [3.8, 4) is 5.75 Å². The van der Waals surface area contributed by atoms with Gasteiger partial charge >= 0.3 is 0 Å². The maximum Gasteiger partial charge on any atom is 0.255 e. The number of nitrogens with zero attached hydrogens (tertiary/aromatic N) is 3. The lowest BCUT2D eigenvalue weighted by atomic mass is 10.1. The van der Waals surface area contributed by atoms with E-state index in [0.29, 0.717) is 17.9 Å². The zero-order valence-electron chi connectivity index (χ0n) is 17.5. The van der Waals surface area contributed by atoms with E-state index in [-0.39, 0.29) is 11.3 Å². The minimum Gasteiger partial charge on any atom is -0.507 e. The monoisotopic (exact) mass is 413 g/mol. The minimum absolute atomic E-state index is 0.0424. The van der Waals surface area contributed by atoms with Crippen molar-refractivity contribution in [1.29, 1.82) is 0 Å². The topological polar surface area (TPSA) is 127 Å². The van der Waals surface area contributed by atoms with Crippen molar-refractivity contribution in [3.05, 3.63) is 48.0 Å². The largest absolute Gasteiger partial charge is 0.507 e. The number of nitrogens with one attached hydrogen (secondary N) is 2. The van der Waals surface area contributed by atoms with Gasteiger partial charge in [-0.05, 0) is 50.2 Å². The maximum absolute atomic E-state index is 12.4. The fourth-order valence-corrected chi connectivity index (χ4v) is 2.62. The fraction of sp³-hybridized carbons (Fsp3) is 0.333. The number of phenolic OH excluding ortho intramolecular Hbond substituents is 1. The van der Waals surface area contributed by atoms with E-state index in [1.54, 1.807) is 6.92 Å². The van der Waals surface area contributed by atoms with Crippen molar-refractivity contribution in [3.63, 3.8) is 0 Å². The molecule has 0 spiro atoms. The summed E-state index contributed by atoms with van der Waals surface area (Å²) in [6.45, 7) is 3.49. The van der Waals surface area contributed by atoms with Gasteiger partial charge in [-0.3, -0.25) is 9.59 Å². The zero-order valence-corrected chi connectivity index (χ0v) is 17.5. The second-order valence-electron chi connectivity index (χ2n) is 6.90. The van der Waals surface area contributed by atoms with Crippen LogP contribution in [-0.4, -0.2) is 54.8 Å². The van der Waals surface area contributed by atoms with Crippen LogP contribution in [0.3, 0.4) is 0 Å². The maximum atomic E-state index is 12.4. The van der Waals surface area contributed by atoms with E-state index in [4.69, 9.17) is 0 Å². The smallest absolute Gasteiger partial charge is 0.255 e. The molecule has 2 aromatic rings. The Kier molecular flexibility index (Phi) is 7.88. The lowest BCUT2D eigenvalue weighted by Gasteiger charge is -2.20. The first-order chi connectivity index (χ1) is 14.2. The summed E-state index contributed by atoms with van der Waals surface area (Å²) in [5.41, 5.74) is 1.99. The van der Waals surface area contributed by atoms with Gasteiger partial charge in [0.1, 0.15) is 11.8 Å². The average Bonchev–Trinajstić information content (AvgIpc) is 2.70. The number of likely N-dealkylation sites (N-methyl/N-ethyl adjacent to an activating group) is 1. The Hall–Kier alpha value is -3.46. The Bertz CT molecular complexity index is 910. The first-order valence-corrected chi connectivity index (χ1v) is 9.51. The minimum atomic E-state index is -1.14. The number of carbonyl (C=O) groups is 2. The molecule has 0 aliphatic heterocycles. The Balaban J connectivity index is 2.11. The van der Waals surface area contributed by atoms with Crippen LogP contribution in [0.2, 0.25) is 0 Å². The molecule has 0 bridgehead atoms. The Labute approximate surface area is 175 Å². The molecule has 2 aromatic carbocycles. The third kappa shape index (κ3) is 6.02. The number of anilines is 1. The second-order valence-corrected chi connectivity index (χ2v) is 6.90. The number of amides is 2. The summed E-state index contributed by atoms with van der Waals surface area (Å²) in [6.07, 6.45) is -1.10. The highest BCUT2D eigenvalue weighted by Crippen LogP contribution is 2.26. The van der Waals surface area contributed by atoms with Crippen molar-refractivity contribution in [2.75, 3.05) is 25.5 Å². The van der Waals surface area contributed by atoms with Gasteiger partial charge in [-0.15, -0.1) is 0 Å². The second kappa shape index (κ2) is 10.4. The van der Waals surface area contributed by atoms with E-state index < -0.39 is 24.0 Å². The van der Waals surface area contributed by atoms with Gasteiger partial charge in [-0.2, -0.15) is 10.2 Å². The molecular formula is C21H27N5O4. The molecule has 30 heavy (non-hydrogen) atoms. The molecule has 0 saturated carbocycles. The number of hydrogen-bond acceptors (Lipinski definition) is 7. The summed E-state index contributed by atoms with van der Waals surface area (Å²) < 4.78 is 0. The molecule has 0 saturated heterocycles. The highest BCUT2D eigenvalue weighted by Gasteiger charge is 2.26. The molecule has 0 heterocycles. The molecule has 2 amide bonds. The van der Waals surface area contributed by atoms with Gasteiger partial charge in [0, 0.05) is 32.4 Å². The molecule has 2 rings (SSSR count). The van der Waals surface area contributed by atoms with Gasteiger partial charge in [0.2, 0.25) is 5.91 Å². The zero-order chi connectivity index (χ0) is 22.3. The van der Waals surface area contributed by atoms with Gasteiger partial charge in [-0.25, -0.2) is 0 Å². The van der Waals surface area contributed by atoms with Crippen molar-refractivity contribution in [2.45, 2.75) is 26.0 Å². The number of benzene rings is 2. The standard InChI is InChI=1S/C21H27N5O4/c1-5-22-21(30)19(13(2)27)23-20(29)17-11-8-15(12-18(17)28)25-24-14-6-9-16(10-7-14)26(3)4/h6-13,19,27-28H,5H2,1-4H3,(H,22,30)(H,23,29)/b25-24+/t13-,19+/m1/s1. The van der Waals surface area contributed by atoms with E-state index >= 15 is 0 Å². The third-order valence-corrected chi connectivity index (χ3v) is 4.28. The summed E-state index contributed by atoms with van der Waals surface area (Å²) in [7, 11) is 3.88. The number of aromatic hydroxyl groups is 1. The molecule has 0 radical (unpaired) electrons. The predicted molar refractivity (Wildman–Crippen MR) is 115 cm³/mol. The first kappa shape index (κ1) is 22.8. The third-order valence-electron chi connectivity index (χ3n) is 4.28. The van der Waals surface area contributed by atoms with Gasteiger partial charge < -0.3 is 25.7 Å². The van der Waals surface area contributed by atoms with Crippen LogP contribution in [0.15, 0.2) is 52.7 Å². The molecule has 0 aromatic heterocycles. The fourth-order valence-electron chi connectivity index (χ4n) is 2.62. The molecule has 2 atom stereocenters. The first-order valence-electron chi connectivity index (χ1n) is 9.51. The van der Waals surface area contributed by atoms with Gasteiger partial charge in [-0.1, -0.05) is 0 Å². The summed E-state index contributed by atoms with van der Waals surface area (Å²) >= 11 is 0. The molecule has 160 valence electrons. The van der Waals surface area contributed by atoms with E-state index in [0.717, 1.165) is 5.69 Å². The molecule has 9 nitrogen and oxygen atoms in total. The van der Waals surface area contributed by atoms with E-state index in [1.807, 2.05) is 43.3 Å². The highest BCUT2D eigenvalue weighted by atomic mass is 16.3. The molecule has 0 aliphatic carbocycles. The number of aliphatic hydroxyl groups is 1. The normalized spacial score (nSPS) is 13.0. The van der Waals surface area contributed by atoms with E-state index in [2.05, 4.69) is 20.9 Å². The quantitative estimate of drug-likeness (QED) is 0.495. The van der Waals surface area contributed by atoms with E-state index in [1.165, 1.54) is 25.1 Å². The average molecular weight is 413 g/mol. The Morgan fingerprint density at radius 1 is 1.07 bits per heavy atom. The van der Waals surface area contributed by atoms with Crippen LogP contribution in [0.25, 0.3) is 0 Å². The van der Waals surface area contributed by atoms with Crippen LogP contribution < -0.4 is 15.5 Å². The van der Waals surface area contributed by atoms with Crippen LogP contribution in [0, 0.1) is 0 Å². The lowest BCUT2D eigenvalue weighted by Crippen LogP contribution is -2.52. The Morgan fingerprint density at radius 3 is 2.20 bits per heavy atom. The summed E-state index contributed by atoms with van der Waals surface area (Å²) in [6, 6.07) is 10.5. The van der Waals surface area contributed by atoms with Crippen molar-refractivity contribution in [2.24, 2.45) is 10.2 Å². The highest BCUT2D eigenvalue weighted by molar-refractivity contribution is 6.00. The summed E-state index contributed by atoms with van der Waals surface area (Å²) in [5, 5.41) is 33.2.